The van der Waals surface area contributed by atoms with Crippen LogP contribution in [0.25, 0.3) is 0 Å². The quantitative estimate of drug-likeness (QED) is 0.311. The number of carboxylic acid groups (broad SMARTS) is 1. The van der Waals surface area contributed by atoms with Gasteiger partial charge in [-0.1, -0.05) is 66.4 Å². The molecule has 1 amide bonds. The number of aromatic nitrogens is 2. The second-order valence-electron chi connectivity index (χ2n) is 8.79. The summed E-state index contributed by atoms with van der Waals surface area (Å²) in [6.07, 6.45) is -1.45. The van der Waals surface area contributed by atoms with E-state index in [2.05, 4.69) is 22.4 Å². The summed E-state index contributed by atoms with van der Waals surface area (Å²) < 4.78 is 13.8. The van der Waals surface area contributed by atoms with Gasteiger partial charge in [-0.05, 0) is 30.2 Å². The first kappa shape index (κ1) is 27.2. The van der Waals surface area contributed by atoms with Gasteiger partial charge in [-0.3, -0.25) is 9.59 Å². The normalized spacial score (nSPS) is 21.5. The molecule has 3 aromatic rings. The van der Waals surface area contributed by atoms with Gasteiger partial charge in [0, 0.05) is 29.3 Å². The minimum atomic E-state index is -1.02. The fraction of sp³-hybridized carbons (Fsp3) is 0.385. The number of aryl methyl sites for hydroxylation is 1. The SMILES string of the molecule is Cc1nnc(SC[C@H]2O[C@@H](c3cccc(NC(=O)CCC(=O)O)c3)O[C@@H](c3ccc(CO)cc3)[C@H]2C)s1. The lowest BCUT2D eigenvalue weighted by Crippen LogP contribution is -2.38. The third-order valence-corrected chi connectivity index (χ3v) is 8.07. The zero-order chi connectivity index (χ0) is 26.4. The van der Waals surface area contributed by atoms with Crippen molar-refractivity contribution in [2.75, 3.05) is 11.1 Å². The van der Waals surface area contributed by atoms with E-state index in [1.54, 1.807) is 41.3 Å². The van der Waals surface area contributed by atoms with Crippen molar-refractivity contribution in [2.45, 2.75) is 56.1 Å². The smallest absolute Gasteiger partial charge is 0.303 e. The highest BCUT2D eigenvalue weighted by atomic mass is 32.2. The molecule has 0 bridgehead atoms. The molecule has 0 unspecified atom stereocenters. The molecule has 9 nitrogen and oxygen atoms in total. The van der Waals surface area contributed by atoms with Gasteiger partial charge in [0.25, 0.3) is 0 Å². The topological polar surface area (TPSA) is 131 Å². The minimum absolute atomic E-state index is 0.0247. The van der Waals surface area contributed by atoms with E-state index < -0.39 is 12.3 Å². The number of rotatable bonds is 10. The molecule has 4 rings (SSSR count). The third-order valence-electron chi connectivity index (χ3n) is 6.01. The monoisotopic (exact) mass is 543 g/mol. The number of aliphatic hydroxyl groups is 1. The molecule has 1 aliphatic heterocycles. The standard InChI is InChI=1S/C26H29N3O6S2/c1-15-21(14-36-26-29-28-16(2)37-26)34-25(35-24(15)18-8-6-17(13-30)7-9-18)19-4-3-5-20(12-19)27-22(31)10-11-23(32)33/h3-9,12,15,21,24-25,30H,10-11,13-14H2,1-2H3,(H,27,31)(H,32,33)/t15-,21+,24+,25+/m0/s1. The summed E-state index contributed by atoms with van der Waals surface area (Å²) in [6, 6.07) is 14.9. The Balaban J connectivity index is 1.54. The van der Waals surface area contributed by atoms with E-state index in [9.17, 15) is 14.7 Å². The van der Waals surface area contributed by atoms with Gasteiger partial charge in [-0.2, -0.15) is 0 Å². The Morgan fingerprint density at radius 3 is 2.54 bits per heavy atom. The van der Waals surface area contributed by atoms with Crippen LogP contribution in [-0.4, -0.2) is 44.1 Å². The predicted molar refractivity (Wildman–Crippen MR) is 140 cm³/mol. The van der Waals surface area contributed by atoms with Crippen molar-refractivity contribution in [3.8, 4) is 0 Å². The van der Waals surface area contributed by atoms with Crippen LogP contribution in [0, 0.1) is 12.8 Å². The Morgan fingerprint density at radius 1 is 1.08 bits per heavy atom. The van der Waals surface area contributed by atoms with E-state index in [0.29, 0.717) is 11.4 Å². The van der Waals surface area contributed by atoms with E-state index in [4.69, 9.17) is 14.6 Å². The molecule has 0 aliphatic carbocycles. The molecule has 11 heteroatoms. The molecule has 2 heterocycles. The maximum Gasteiger partial charge on any atom is 0.303 e. The lowest BCUT2D eigenvalue weighted by atomic mass is 9.91. The summed E-state index contributed by atoms with van der Waals surface area (Å²) >= 11 is 3.14. The number of hydrogen-bond donors (Lipinski definition) is 3. The highest BCUT2D eigenvalue weighted by Gasteiger charge is 2.38. The average Bonchev–Trinajstić information content (AvgIpc) is 3.32. The average molecular weight is 544 g/mol. The molecule has 0 radical (unpaired) electrons. The summed E-state index contributed by atoms with van der Waals surface area (Å²) in [5.74, 6) is -0.710. The van der Waals surface area contributed by atoms with Crippen molar-refractivity contribution < 1.29 is 29.3 Å². The van der Waals surface area contributed by atoms with E-state index in [1.807, 2.05) is 37.3 Å². The van der Waals surface area contributed by atoms with Crippen molar-refractivity contribution >= 4 is 40.7 Å². The number of hydrogen-bond acceptors (Lipinski definition) is 9. The first-order chi connectivity index (χ1) is 17.8. The Bertz CT molecular complexity index is 1220. The summed E-state index contributed by atoms with van der Waals surface area (Å²) in [5.41, 5.74) is 3.09. The second-order valence-corrected chi connectivity index (χ2v) is 11.2. The highest BCUT2D eigenvalue weighted by molar-refractivity contribution is 8.01. The number of carbonyl (C=O) groups excluding carboxylic acids is 1. The Kier molecular flexibility index (Phi) is 9.28. The molecule has 4 atom stereocenters. The maximum absolute atomic E-state index is 12.1. The Hall–Kier alpha value is -2.83. The lowest BCUT2D eigenvalue weighted by Gasteiger charge is -2.41. The fourth-order valence-corrected chi connectivity index (χ4v) is 6.01. The van der Waals surface area contributed by atoms with Gasteiger partial charge in [-0.25, -0.2) is 0 Å². The molecular weight excluding hydrogens is 514 g/mol. The van der Waals surface area contributed by atoms with Crippen molar-refractivity contribution in [2.24, 2.45) is 5.92 Å². The number of ether oxygens (including phenoxy) is 2. The molecular formula is C26H29N3O6S2. The van der Waals surface area contributed by atoms with Gasteiger partial charge in [0.2, 0.25) is 5.91 Å². The Morgan fingerprint density at radius 2 is 1.86 bits per heavy atom. The number of thioether (sulfide) groups is 1. The van der Waals surface area contributed by atoms with Crippen molar-refractivity contribution in [1.82, 2.24) is 10.2 Å². The third kappa shape index (κ3) is 7.36. The zero-order valence-corrected chi connectivity index (χ0v) is 22.1. The molecule has 0 spiro atoms. The summed E-state index contributed by atoms with van der Waals surface area (Å²) in [7, 11) is 0. The van der Waals surface area contributed by atoms with E-state index in [1.165, 1.54) is 0 Å². The van der Waals surface area contributed by atoms with Gasteiger partial charge in [0.1, 0.15) is 5.01 Å². The molecule has 1 fully saturated rings. The first-order valence-electron chi connectivity index (χ1n) is 11.9. The molecule has 1 aromatic heterocycles. The molecule has 37 heavy (non-hydrogen) atoms. The molecule has 1 saturated heterocycles. The van der Waals surface area contributed by atoms with Crippen LogP contribution in [0.5, 0.6) is 0 Å². The van der Waals surface area contributed by atoms with Gasteiger partial charge in [0.05, 0.1) is 25.2 Å². The van der Waals surface area contributed by atoms with Gasteiger partial charge in [0.15, 0.2) is 10.6 Å². The molecule has 3 N–H and O–H groups in total. The lowest BCUT2D eigenvalue weighted by molar-refractivity contribution is -0.268. The number of amides is 1. The van der Waals surface area contributed by atoms with E-state index in [-0.39, 0.29) is 43.5 Å². The van der Waals surface area contributed by atoms with Crippen LogP contribution in [0.3, 0.4) is 0 Å². The van der Waals surface area contributed by atoms with Crippen molar-refractivity contribution in [3.05, 3.63) is 70.2 Å². The number of carboxylic acids is 1. The first-order valence-corrected chi connectivity index (χ1v) is 13.7. The van der Waals surface area contributed by atoms with Crippen LogP contribution < -0.4 is 5.32 Å². The fourth-order valence-electron chi connectivity index (χ4n) is 4.01. The van der Waals surface area contributed by atoms with Crippen LogP contribution in [0.4, 0.5) is 5.69 Å². The van der Waals surface area contributed by atoms with E-state index >= 15 is 0 Å². The number of aliphatic hydroxyl groups excluding tert-OH is 1. The van der Waals surface area contributed by atoms with E-state index in [0.717, 1.165) is 26.0 Å². The number of benzene rings is 2. The van der Waals surface area contributed by atoms with Crippen LogP contribution in [0.2, 0.25) is 0 Å². The van der Waals surface area contributed by atoms with Gasteiger partial charge in [-0.15, -0.1) is 10.2 Å². The molecule has 1 aliphatic rings. The number of nitrogens with one attached hydrogen (secondary N) is 1. The van der Waals surface area contributed by atoms with Crippen LogP contribution in [-0.2, 0) is 25.7 Å². The number of anilines is 1. The second kappa shape index (κ2) is 12.6. The number of carbonyl (C=O) groups is 2. The predicted octanol–water partition coefficient (Wildman–Crippen LogP) is 4.73. The summed E-state index contributed by atoms with van der Waals surface area (Å²) in [5, 5.41) is 30.2. The van der Waals surface area contributed by atoms with Gasteiger partial charge < -0.3 is 25.0 Å². The largest absolute Gasteiger partial charge is 0.481 e. The minimum Gasteiger partial charge on any atom is -0.481 e. The van der Waals surface area contributed by atoms with Crippen LogP contribution >= 0.6 is 23.1 Å². The summed E-state index contributed by atoms with van der Waals surface area (Å²) in [4.78, 5) is 22.9. The zero-order valence-electron chi connectivity index (χ0n) is 20.5. The van der Waals surface area contributed by atoms with Crippen molar-refractivity contribution in [3.63, 3.8) is 0 Å². The maximum atomic E-state index is 12.1. The Labute approximate surface area is 223 Å². The molecule has 2 aromatic carbocycles. The van der Waals surface area contributed by atoms with Crippen LogP contribution in [0.1, 0.15) is 53.9 Å². The van der Waals surface area contributed by atoms with Crippen molar-refractivity contribution in [1.29, 1.82) is 0 Å². The summed E-state index contributed by atoms with van der Waals surface area (Å²) in [6.45, 7) is 3.99. The number of aliphatic carboxylic acids is 1. The van der Waals surface area contributed by atoms with Gasteiger partial charge >= 0.3 is 5.97 Å². The molecule has 196 valence electrons. The molecule has 0 saturated carbocycles. The van der Waals surface area contributed by atoms with Crippen LogP contribution in [0.15, 0.2) is 52.9 Å². The highest BCUT2D eigenvalue weighted by Crippen LogP contribution is 2.43. The number of nitrogens with zero attached hydrogens (tertiary/aromatic N) is 2.